The first kappa shape index (κ1) is 13.5. The van der Waals surface area contributed by atoms with E-state index >= 15 is 0 Å². The van der Waals surface area contributed by atoms with Crippen LogP contribution in [-0.4, -0.2) is 0 Å². The van der Waals surface area contributed by atoms with Gasteiger partial charge in [0.15, 0.2) is 0 Å². The third-order valence-corrected chi connectivity index (χ3v) is 2.84. The first-order chi connectivity index (χ1) is 7.99. The van der Waals surface area contributed by atoms with Gasteiger partial charge in [0.25, 0.3) is 0 Å². The largest absolute Gasteiger partial charge is 0.0617 e. The first-order valence-electron chi connectivity index (χ1n) is 6.06. The minimum Gasteiger partial charge on any atom is -0.0617 e. The molecule has 0 fully saturated rings. The van der Waals surface area contributed by atoms with E-state index in [0.29, 0.717) is 0 Å². The maximum absolute atomic E-state index is 2.20. The van der Waals surface area contributed by atoms with Crippen LogP contribution in [0.1, 0.15) is 27.8 Å². The molecule has 0 radical (unpaired) electrons. The average molecular weight is 226 g/mol. The molecule has 0 unspecified atom stereocenters. The van der Waals surface area contributed by atoms with Crippen LogP contribution in [0, 0.1) is 34.6 Å². The topological polar surface area (TPSA) is 0 Å². The van der Waals surface area contributed by atoms with Crippen molar-refractivity contribution in [1.82, 2.24) is 0 Å². The van der Waals surface area contributed by atoms with Crippen LogP contribution in [0.2, 0.25) is 0 Å². The summed E-state index contributed by atoms with van der Waals surface area (Å²) in [4.78, 5) is 0. The quantitative estimate of drug-likeness (QED) is 0.598. The maximum Gasteiger partial charge on any atom is -0.0395 e. The Morgan fingerprint density at radius 3 is 1.41 bits per heavy atom. The molecule has 2 aromatic rings. The van der Waals surface area contributed by atoms with Crippen molar-refractivity contribution in [2.24, 2.45) is 0 Å². The third kappa shape index (κ3) is 4.86. The fourth-order valence-electron chi connectivity index (χ4n) is 1.70. The maximum atomic E-state index is 2.20. The molecule has 0 aliphatic rings. The number of hydrogen-bond donors (Lipinski definition) is 0. The lowest BCUT2D eigenvalue weighted by molar-refractivity contribution is 1.30. The normalized spacial score (nSPS) is 9.47. The van der Waals surface area contributed by atoms with E-state index in [0.717, 1.165) is 0 Å². The fraction of sp³-hybridized carbons (Fsp3) is 0.294. The molecule has 0 spiro atoms. The second-order valence-corrected chi connectivity index (χ2v) is 4.75. The van der Waals surface area contributed by atoms with Crippen molar-refractivity contribution in [1.29, 1.82) is 0 Å². The summed E-state index contributed by atoms with van der Waals surface area (Å²) in [6.45, 7) is 10.6. The zero-order chi connectivity index (χ0) is 12.8. The van der Waals surface area contributed by atoms with Gasteiger partial charge < -0.3 is 0 Å². The third-order valence-electron chi connectivity index (χ3n) is 2.84. The number of rotatable bonds is 0. The second-order valence-electron chi connectivity index (χ2n) is 4.75. The van der Waals surface area contributed by atoms with Gasteiger partial charge in [-0.05, 0) is 45.7 Å². The highest BCUT2D eigenvalue weighted by Crippen LogP contribution is 2.07. The molecule has 0 bridgehead atoms. The molecule has 0 nitrogen and oxygen atoms in total. The van der Waals surface area contributed by atoms with E-state index in [1.807, 2.05) is 0 Å². The van der Waals surface area contributed by atoms with Crippen LogP contribution >= 0.6 is 0 Å². The monoisotopic (exact) mass is 226 g/mol. The van der Waals surface area contributed by atoms with Gasteiger partial charge in [0.2, 0.25) is 0 Å². The Bertz CT molecular complexity index is 464. The lowest BCUT2D eigenvalue weighted by Crippen LogP contribution is -1.79. The van der Waals surface area contributed by atoms with Gasteiger partial charge in [0.05, 0.1) is 0 Å². The molecule has 0 N–H and O–H groups in total. The van der Waals surface area contributed by atoms with E-state index in [2.05, 4.69) is 77.1 Å². The Hall–Kier alpha value is -1.56. The molecule has 0 aliphatic heterocycles. The lowest BCUT2D eigenvalue weighted by Gasteiger charge is -1.98. The highest BCUT2D eigenvalue weighted by Gasteiger charge is 1.89. The van der Waals surface area contributed by atoms with E-state index in [1.54, 1.807) is 0 Å². The van der Waals surface area contributed by atoms with Crippen molar-refractivity contribution in [3.8, 4) is 0 Å². The van der Waals surface area contributed by atoms with E-state index in [9.17, 15) is 0 Å². The zero-order valence-electron chi connectivity index (χ0n) is 11.5. The molecular formula is C17H22. The van der Waals surface area contributed by atoms with Crippen LogP contribution in [0.3, 0.4) is 0 Å². The highest BCUT2D eigenvalue weighted by atomic mass is 13.9. The fourth-order valence-corrected chi connectivity index (χ4v) is 1.70. The van der Waals surface area contributed by atoms with Crippen LogP contribution in [0.25, 0.3) is 0 Å². The Balaban J connectivity index is 0.000000171. The molecule has 0 saturated heterocycles. The molecule has 2 aromatic carbocycles. The summed E-state index contributed by atoms with van der Waals surface area (Å²) in [5, 5.41) is 0. The van der Waals surface area contributed by atoms with Crippen molar-refractivity contribution < 1.29 is 0 Å². The standard InChI is InChI=1S/C9H12.C8H10/c1-7-4-5-8(2)9(3)6-7;1-7-4-3-5-8(2)6-7/h4-6H,1-3H3;3-6H,1-2H3. The predicted molar refractivity (Wildman–Crippen MR) is 76.6 cm³/mol. The average Bonchev–Trinajstić information content (AvgIpc) is 2.24. The molecule has 0 heterocycles. The van der Waals surface area contributed by atoms with Crippen LogP contribution < -0.4 is 0 Å². The Morgan fingerprint density at radius 2 is 1.06 bits per heavy atom. The van der Waals surface area contributed by atoms with Crippen molar-refractivity contribution in [3.63, 3.8) is 0 Å². The van der Waals surface area contributed by atoms with Crippen molar-refractivity contribution in [3.05, 3.63) is 70.3 Å². The molecule has 0 aromatic heterocycles. The van der Waals surface area contributed by atoms with Crippen LogP contribution in [0.4, 0.5) is 0 Å². The van der Waals surface area contributed by atoms with E-state index < -0.39 is 0 Å². The van der Waals surface area contributed by atoms with Gasteiger partial charge in [-0.15, -0.1) is 0 Å². The second kappa shape index (κ2) is 6.24. The van der Waals surface area contributed by atoms with Gasteiger partial charge in [0.1, 0.15) is 0 Å². The van der Waals surface area contributed by atoms with Crippen molar-refractivity contribution >= 4 is 0 Å². The first-order valence-corrected chi connectivity index (χ1v) is 6.06. The van der Waals surface area contributed by atoms with Crippen LogP contribution in [0.15, 0.2) is 42.5 Å². The number of aryl methyl sites for hydroxylation is 5. The smallest absolute Gasteiger partial charge is 0.0395 e. The minimum atomic E-state index is 1.34. The molecule has 0 saturated carbocycles. The summed E-state index contributed by atoms with van der Waals surface area (Å²) in [6.07, 6.45) is 0. The number of benzene rings is 2. The van der Waals surface area contributed by atoms with Crippen molar-refractivity contribution in [2.75, 3.05) is 0 Å². The van der Waals surface area contributed by atoms with Crippen LogP contribution in [-0.2, 0) is 0 Å². The van der Waals surface area contributed by atoms with E-state index in [4.69, 9.17) is 0 Å². The summed E-state index contributed by atoms with van der Waals surface area (Å²) < 4.78 is 0. The van der Waals surface area contributed by atoms with Gasteiger partial charge in [-0.1, -0.05) is 59.2 Å². The van der Waals surface area contributed by atoms with Crippen LogP contribution in [0.5, 0.6) is 0 Å². The molecule has 0 aliphatic carbocycles. The Kier molecular flexibility index (Phi) is 4.96. The van der Waals surface area contributed by atoms with Crippen molar-refractivity contribution in [2.45, 2.75) is 34.6 Å². The number of hydrogen-bond acceptors (Lipinski definition) is 0. The SMILES string of the molecule is Cc1ccc(C)c(C)c1.Cc1cccc(C)c1. The van der Waals surface area contributed by atoms with Gasteiger partial charge >= 0.3 is 0 Å². The summed E-state index contributed by atoms with van der Waals surface area (Å²) in [5.74, 6) is 0. The summed E-state index contributed by atoms with van der Waals surface area (Å²) in [6, 6.07) is 15.0. The van der Waals surface area contributed by atoms with E-state index in [1.165, 1.54) is 27.8 Å². The van der Waals surface area contributed by atoms with Gasteiger partial charge in [-0.2, -0.15) is 0 Å². The molecule has 90 valence electrons. The Labute approximate surface area is 105 Å². The highest BCUT2D eigenvalue weighted by molar-refractivity contribution is 5.28. The summed E-state index contributed by atoms with van der Waals surface area (Å²) in [7, 11) is 0. The predicted octanol–water partition coefficient (Wildman–Crippen LogP) is 4.92. The molecule has 0 heteroatoms. The summed E-state index contributed by atoms with van der Waals surface area (Å²) >= 11 is 0. The van der Waals surface area contributed by atoms with E-state index in [-0.39, 0.29) is 0 Å². The lowest BCUT2D eigenvalue weighted by atomic mass is 10.1. The zero-order valence-corrected chi connectivity index (χ0v) is 11.5. The molecule has 0 atom stereocenters. The van der Waals surface area contributed by atoms with Gasteiger partial charge in [0, 0.05) is 0 Å². The van der Waals surface area contributed by atoms with Gasteiger partial charge in [-0.3, -0.25) is 0 Å². The minimum absolute atomic E-state index is 1.34. The Morgan fingerprint density at radius 1 is 0.529 bits per heavy atom. The summed E-state index contributed by atoms with van der Waals surface area (Å²) in [5.41, 5.74) is 6.78. The molecule has 17 heavy (non-hydrogen) atoms. The van der Waals surface area contributed by atoms with Gasteiger partial charge in [-0.25, -0.2) is 0 Å². The molecule has 0 amide bonds. The molecule has 2 rings (SSSR count). The molecular weight excluding hydrogens is 204 g/mol.